The highest BCUT2D eigenvalue weighted by molar-refractivity contribution is 5.35. The van der Waals surface area contributed by atoms with Crippen LogP contribution in [0.3, 0.4) is 0 Å². The largest absolute Gasteiger partial charge is 0.487 e. The summed E-state index contributed by atoms with van der Waals surface area (Å²) in [4.78, 5) is 0. The number of aliphatic hydroxyl groups is 1. The number of para-hydroxylation sites is 1. The zero-order valence-corrected chi connectivity index (χ0v) is 11.3. The van der Waals surface area contributed by atoms with Crippen molar-refractivity contribution >= 4 is 0 Å². The number of rotatable bonds is 7. The molecule has 0 heterocycles. The van der Waals surface area contributed by atoms with E-state index in [2.05, 4.69) is 5.32 Å². The first kappa shape index (κ1) is 14.9. The molecule has 1 rings (SSSR count). The number of halogens is 1. The van der Waals surface area contributed by atoms with Crippen LogP contribution in [0, 0.1) is 5.82 Å². The fourth-order valence-electron chi connectivity index (χ4n) is 1.71. The molecule has 0 aliphatic heterocycles. The molecule has 4 heteroatoms. The maximum absolute atomic E-state index is 13.7. The molecule has 18 heavy (non-hydrogen) atoms. The van der Waals surface area contributed by atoms with E-state index in [-0.39, 0.29) is 12.4 Å². The summed E-state index contributed by atoms with van der Waals surface area (Å²) < 4.78 is 19.2. The van der Waals surface area contributed by atoms with Crippen molar-refractivity contribution in [3.8, 4) is 5.75 Å². The minimum absolute atomic E-state index is 0.109. The van der Waals surface area contributed by atoms with Gasteiger partial charge in [0.2, 0.25) is 0 Å². The summed E-state index contributed by atoms with van der Waals surface area (Å²) in [6.45, 7) is 4.42. The smallest absolute Gasteiger partial charge is 0.165 e. The van der Waals surface area contributed by atoms with E-state index in [1.54, 1.807) is 13.1 Å². The summed E-state index contributed by atoms with van der Waals surface area (Å²) in [5.41, 5.74) is -0.133. The molecular formula is C14H22FNO2. The number of nitrogens with one attached hydrogen (secondary N) is 1. The molecule has 0 atom stereocenters. The van der Waals surface area contributed by atoms with Crippen LogP contribution in [-0.4, -0.2) is 24.4 Å². The normalized spacial score (nSPS) is 11.6. The lowest BCUT2D eigenvalue weighted by atomic mass is 9.99. The molecule has 0 fully saturated rings. The average Bonchev–Trinajstić information content (AvgIpc) is 2.38. The van der Waals surface area contributed by atoms with Gasteiger partial charge in [-0.15, -0.1) is 0 Å². The fourth-order valence-corrected chi connectivity index (χ4v) is 1.71. The summed E-state index contributed by atoms with van der Waals surface area (Å²) >= 11 is 0. The minimum atomic E-state index is -0.890. The lowest BCUT2D eigenvalue weighted by Gasteiger charge is -2.25. The molecule has 102 valence electrons. The van der Waals surface area contributed by atoms with Gasteiger partial charge in [0.25, 0.3) is 0 Å². The third kappa shape index (κ3) is 3.68. The number of hydrogen-bond donors (Lipinski definition) is 2. The first-order chi connectivity index (χ1) is 8.56. The average molecular weight is 255 g/mol. The third-order valence-electron chi connectivity index (χ3n) is 3.22. The number of hydrogen-bond acceptors (Lipinski definition) is 3. The van der Waals surface area contributed by atoms with Gasteiger partial charge in [-0.25, -0.2) is 4.39 Å². The van der Waals surface area contributed by atoms with Gasteiger partial charge in [0.1, 0.15) is 6.61 Å². The van der Waals surface area contributed by atoms with Crippen molar-refractivity contribution in [3.63, 3.8) is 0 Å². The van der Waals surface area contributed by atoms with Crippen molar-refractivity contribution < 1.29 is 14.2 Å². The predicted octanol–water partition coefficient (Wildman–Crippen LogP) is 2.48. The fraction of sp³-hybridized carbons (Fsp3) is 0.571. The zero-order valence-electron chi connectivity index (χ0n) is 11.3. The van der Waals surface area contributed by atoms with Gasteiger partial charge in [-0.3, -0.25) is 0 Å². The highest BCUT2D eigenvalue weighted by Crippen LogP contribution is 2.25. The molecule has 0 spiro atoms. The molecule has 0 unspecified atom stereocenters. The van der Waals surface area contributed by atoms with Crippen LogP contribution in [0.15, 0.2) is 18.2 Å². The van der Waals surface area contributed by atoms with Crippen LogP contribution in [-0.2, 0) is 6.54 Å². The lowest BCUT2D eigenvalue weighted by molar-refractivity contribution is -0.0126. The van der Waals surface area contributed by atoms with Gasteiger partial charge in [0, 0.05) is 12.1 Å². The van der Waals surface area contributed by atoms with Crippen LogP contribution in [0.4, 0.5) is 4.39 Å². The molecule has 2 N–H and O–H groups in total. The van der Waals surface area contributed by atoms with Crippen molar-refractivity contribution in [3.05, 3.63) is 29.6 Å². The first-order valence-electron chi connectivity index (χ1n) is 6.33. The molecule has 1 aromatic carbocycles. The maximum Gasteiger partial charge on any atom is 0.165 e. The van der Waals surface area contributed by atoms with Crippen molar-refractivity contribution in [2.75, 3.05) is 13.7 Å². The van der Waals surface area contributed by atoms with Crippen LogP contribution in [0.1, 0.15) is 32.3 Å². The highest BCUT2D eigenvalue weighted by Gasteiger charge is 2.24. The van der Waals surface area contributed by atoms with E-state index in [1.807, 2.05) is 19.9 Å². The monoisotopic (exact) mass is 255 g/mol. The summed E-state index contributed by atoms with van der Waals surface area (Å²) in [7, 11) is 1.79. The Kier molecular flexibility index (Phi) is 5.56. The topological polar surface area (TPSA) is 41.5 Å². The molecule has 3 nitrogen and oxygen atoms in total. The van der Waals surface area contributed by atoms with E-state index in [9.17, 15) is 9.50 Å². The summed E-state index contributed by atoms with van der Waals surface area (Å²) in [5.74, 6) is -0.163. The molecule has 0 radical (unpaired) electrons. The molecule has 0 aliphatic rings. The van der Waals surface area contributed by atoms with Crippen LogP contribution < -0.4 is 10.1 Å². The van der Waals surface area contributed by atoms with Crippen LogP contribution in [0.25, 0.3) is 0 Å². The summed E-state index contributed by atoms with van der Waals surface area (Å²) in [5, 5.41) is 13.1. The van der Waals surface area contributed by atoms with Gasteiger partial charge in [-0.05, 0) is 26.0 Å². The zero-order chi connectivity index (χ0) is 13.6. The van der Waals surface area contributed by atoms with Crippen LogP contribution >= 0.6 is 0 Å². The predicted molar refractivity (Wildman–Crippen MR) is 70.2 cm³/mol. The third-order valence-corrected chi connectivity index (χ3v) is 3.22. The van der Waals surface area contributed by atoms with E-state index >= 15 is 0 Å². The van der Waals surface area contributed by atoms with Crippen molar-refractivity contribution in [2.45, 2.75) is 38.8 Å². The van der Waals surface area contributed by atoms with Gasteiger partial charge in [0.05, 0.1) is 5.60 Å². The van der Waals surface area contributed by atoms with E-state index in [0.717, 1.165) is 5.56 Å². The molecule has 0 aliphatic carbocycles. The van der Waals surface area contributed by atoms with Gasteiger partial charge in [0.15, 0.2) is 11.6 Å². The second-order valence-corrected chi connectivity index (χ2v) is 4.48. The molecule has 1 aromatic rings. The summed E-state index contributed by atoms with van der Waals surface area (Å²) in [6, 6.07) is 4.83. The van der Waals surface area contributed by atoms with Crippen molar-refractivity contribution in [1.82, 2.24) is 5.32 Å². The lowest BCUT2D eigenvalue weighted by Crippen LogP contribution is -2.34. The Balaban J connectivity index is 2.83. The van der Waals surface area contributed by atoms with Gasteiger partial charge < -0.3 is 15.2 Å². The SMILES string of the molecule is CCC(O)(CC)COc1c(F)cccc1CNC. The van der Waals surface area contributed by atoms with Crippen molar-refractivity contribution in [1.29, 1.82) is 0 Å². The number of ether oxygens (including phenoxy) is 1. The van der Waals surface area contributed by atoms with E-state index < -0.39 is 11.4 Å². The van der Waals surface area contributed by atoms with Gasteiger partial charge in [-0.1, -0.05) is 26.0 Å². The van der Waals surface area contributed by atoms with E-state index in [0.29, 0.717) is 19.4 Å². The maximum atomic E-state index is 13.7. The Bertz CT molecular complexity index is 378. The first-order valence-corrected chi connectivity index (χ1v) is 6.33. The standard InChI is InChI=1S/C14H22FNO2/c1-4-14(17,5-2)10-18-13-11(9-16-3)7-6-8-12(13)15/h6-8,16-17H,4-5,9-10H2,1-3H3. The highest BCUT2D eigenvalue weighted by atomic mass is 19.1. The van der Waals surface area contributed by atoms with Crippen LogP contribution in [0.5, 0.6) is 5.75 Å². The molecule has 0 aromatic heterocycles. The quantitative estimate of drug-likeness (QED) is 0.786. The Morgan fingerprint density at radius 1 is 1.33 bits per heavy atom. The van der Waals surface area contributed by atoms with Crippen molar-refractivity contribution in [2.24, 2.45) is 0 Å². The van der Waals surface area contributed by atoms with Gasteiger partial charge in [-0.2, -0.15) is 0 Å². The minimum Gasteiger partial charge on any atom is -0.487 e. The Hall–Kier alpha value is -1.13. The molecule has 0 saturated heterocycles. The Morgan fingerprint density at radius 3 is 2.56 bits per heavy atom. The molecular weight excluding hydrogens is 233 g/mol. The second-order valence-electron chi connectivity index (χ2n) is 4.48. The second kappa shape index (κ2) is 6.71. The Labute approximate surface area is 108 Å². The van der Waals surface area contributed by atoms with Crippen LogP contribution in [0.2, 0.25) is 0 Å². The molecule has 0 saturated carbocycles. The summed E-state index contributed by atoms with van der Waals surface area (Å²) in [6.07, 6.45) is 1.17. The Morgan fingerprint density at radius 2 is 2.00 bits per heavy atom. The van der Waals surface area contributed by atoms with E-state index in [4.69, 9.17) is 4.74 Å². The molecule has 0 bridgehead atoms. The molecule has 0 amide bonds. The van der Waals surface area contributed by atoms with Gasteiger partial charge >= 0.3 is 0 Å². The number of benzene rings is 1. The van der Waals surface area contributed by atoms with E-state index in [1.165, 1.54) is 6.07 Å².